The van der Waals surface area contributed by atoms with Gasteiger partial charge in [0, 0.05) is 10.7 Å². The Morgan fingerprint density at radius 1 is 1.11 bits per heavy atom. The molecule has 4 heteroatoms. The quantitative estimate of drug-likeness (QED) is 0.865. The number of amides is 1. The number of halogens is 1. The Hall–Kier alpha value is -2.00. The normalized spacial score (nSPS) is 13.1. The first kappa shape index (κ1) is 11.1. The lowest BCUT2D eigenvalue weighted by atomic mass is 10.1. The zero-order valence-electron chi connectivity index (χ0n) is 9.53. The number of fused-ring (bicyclic) bond motifs is 1. The molecule has 0 atom stereocenters. The van der Waals surface area contributed by atoms with Gasteiger partial charge in [0.15, 0.2) is 0 Å². The fourth-order valence-electron chi connectivity index (χ4n) is 2.04. The van der Waals surface area contributed by atoms with Gasteiger partial charge in [0.2, 0.25) is 5.91 Å². The molecule has 2 N–H and O–H groups in total. The van der Waals surface area contributed by atoms with Crippen molar-refractivity contribution >= 4 is 34.6 Å². The average molecular weight is 259 g/mol. The molecule has 1 aliphatic heterocycles. The summed E-state index contributed by atoms with van der Waals surface area (Å²) in [5, 5.41) is 6.85. The molecule has 0 unspecified atom stereocenters. The molecule has 0 fully saturated rings. The van der Waals surface area contributed by atoms with Gasteiger partial charge in [-0.2, -0.15) is 0 Å². The molecular weight excluding hydrogens is 248 g/mol. The van der Waals surface area contributed by atoms with Crippen molar-refractivity contribution in [2.45, 2.75) is 6.42 Å². The molecule has 0 radical (unpaired) electrons. The Balaban J connectivity index is 1.92. The van der Waals surface area contributed by atoms with Crippen molar-refractivity contribution < 1.29 is 4.79 Å². The number of para-hydroxylation sites is 1. The summed E-state index contributed by atoms with van der Waals surface area (Å²) in [4.78, 5) is 11.4. The van der Waals surface area contributed by atoms with Crippen molar-refractivity contribution in [2.75, 3.05) is 10.6 Å². The van der Waals surface area contributed by atoms with E-state index in [1.807, 2.05) is 42.5 Å². The van der Waals surface area contributed by atoms with Gasteiger partial charge in [0.1, 0.15) is 0 Å². The maximum absolute atomic E-state index is 11.4. The van der Waals surface area contributed by atoms with E-state index in [2.05, 4.69) is 10.6 Å². The molecule has 1 amide bonds. The van der Waals surface area contributed by atoms with E-state index in [1.165, 1.54) is 0 Å². The predicted molar refractivity (Wildman–Crippen MR) is 73.5 cm³/mol. The lowest BCUT2D eigenvalue weighted by Gasteiger charge is -2.11. The van der Waals surface area contributed by atoms with E-state index < -0.39 is 0 Å². The van der Waals surface area contributed by atoms with Gasteiger partial charge in [0.25, 0.3) is 0 Å². The Labute approximate surface area is 110 Å². The first-order chi connectivity index (χ1) is 8.72. The molecule has 3 nitrogen and oxygen atoms in total. The molecule has 0 saturated heterocycles. The summed E-state index contributed by atoms with van der Waals surface area (Å²) >= 11 is 5.84. The fourth-order valence-corrected chi connectivity index (χ4v) is 2.17. The SMILES string of the molecule is O=C1Cc2cccc(Nc3ccc(Cl)cc3)c2N1. The van der Waals surface area contributed by atoms with Gasteiger partial charge in [-0.25, -0.2) is 0 Å². The summed E-state index contributed by atoms with van der Waals surface area (Å²) in [5.41, 5.74) is 3.74. The van der Waals surface area contributed by atoms with Crippen molar-refractivity contribution in [3.8, 4) is 0 Å². The number of carbonyl (C=O) groups is 1. The monoisotopic (exact) mass is 258 g/mol. The molecular formula is C14H11ClN2O. The third kappa shape index (κ3) is 2.05. The van der Waals surface area contributed by atoms with Gasteiger partial charge < -0.3 is 10.6 Å². The first-order valence-electron chi connectivity index (χ1n) is 5.67. The van der Waals surface area contributed by atoms with Gasteiger partial charge in [-0.3, -0.25) is 4.79 Å². The second-order valence-electron chi connectivity index (χ2n) is 4.20. The van der Waals surface area contributed by atoms with Crippen LogP contribution in [-0.4, -0.2) is 5.91 Å². The molecule has 0 bridgehead atoms. The standard InChI is InChI=1S/C14H11ClN2O/c15-10-4-6-11(7-5-10)16-12-3-1-2-9-8-13(18)17-14(9)12/h1-7,16H,8H2,(H,17,18). The highest BCUT2D eigenvalue weighted by Gasteiger charge is 2.20. The Kier molecular flexibility index (Phi) is 2.68. The van der Waals surface area contributed by atoms with Crippen LogP contribution in [-0.2, 0) is 11.2 Å². The molecule has 0 aromatic heterocycles. The van der Waals surface area contributed by atoms with Crippen LogP contribution in [0, 0.1) is 0 Å². The summed E-state index contributed by atoms with van der Waals surface area (Å²) in [6.45, 7) is 0. The molecule has 1 heterocycles. The number of rotatable bonds is 2. The van der Waals surface area contributed by atoms with Crippen LogP contribution in [0.3, 0.4) is 0 Å². The lowest BCUT2D eigenvalue weighted by molar-refractivity contribution is -0.115. The van der Waals surface area contributed by atoms with Crippen LogP contribution >= 0.6 is 11.6 Å². The summed E-state index contributed by atoms with van der Waals surface area (Å²) < 4.78 is 0. The third-order valence-electron chi connectivity index (χ3n) is 2.89. The highest BCUT2D eigenvalue weighted by Crippen LogP contribution is 2.33. The molecule has 2 aromatic rings. The summed E-state index contributed by atoms with van der Waals surface area (Å²) in [6.07, 6.45) is 0.450. The first-order valence-corrected chi connectivity index (χ1v) is 6.04. The minimum atomic E-state index is 0.0374. The molecule has 0 saturated carbocycles. The van der Waals surface area contributed by atoms with Crippen LogP contribution in [0.5, 0.6) is 0 Å². The van der Waals surface area contributed by atoms with E-state index >= 15 is 0 Å². The molecule has 2 aromatic carbocycles. The minimum Gasteiger partial charge on any atom is -0.354 e. The fraction of sp³-hybridized carbons (Fsp3) is 0.0714. The highest BCUT2D eigenvalue weighted by molar-refractivity contribution is 6.30. The predicted octanol–water partition coefficient (Wildman–Crippen LogP) is 3.58. The summed E-state index contributed by atoms with van der Waals surface area (Å²) in [6, 6.07) is 13.3. The molecule has 90 valence electrons. The van der Waals surface area contributed by atoms with Crippen LogP contribution < -0.4 is 10.6 Å². The largest absolute Gasteiger partial charge is 0.354 e. The zero-order chi connectivity index (χ0) is 12.5. The van der Waals surface area contributed by atoms with Crippen molar-refractivity contribution in [2.24, 2.45) is 0 Å². The van der Waals surface area contributed by atoms with E-state index in [4.69, 9.17) is 11.6 Å². The Morgan fingerprint density at radius 3 is 2.67 bits per heavy atom. The van der Waals surface area contributed by atoms with Gasteiger partial charge in [0.05, 0.1) is 17.8 Å². The molecule has 3 rings (SSSR count). The van der Waals surface area contributed by atoms with E-state index in [-0.39, 0.29) is 5.91 Å². The van der Waals surface area contributed by atoms with Crippen LogP contribution in [0.15, 0.2) is 42.5 Å². The van der Waals surface area contributed by atoms with E-state index in [9.17, 15) is 4.79 Å². The number of benzene rings is 2. The molecule has 1 aliphatic rings. The lowest BCUT2D eigenvalue weighted by Crippen LogP contribution is -2.04. The maximum Gasteiger partial charge on any atom is 0.228 e. The maximum atomic E-state index is 11.4. The van der Waals surface area contributed by atoms with E-state index in [1.54, 1.807) is 0 Å². The second-order valence-corrected chi connectivity index (χ2v) is 4.63. The second kappa shape index (κ2) is 4.35. The third-order valence-corrected chi connectivity index (χ3v) is 3.14. The topological polar surface area (TPSA) is 41.1 Å². The number of carbonyl (C=O) groups excluding carboxylic acids is 1. The van der Waals surface area contributed by atoms with Crippen LogP contribution in [0.25, 0.3) is 0 Å². The smallest absolute Gasteiger partial charge is 0.228 e. The highest BCUT2D eigenvalue weighted by atomic mass is 35.5. The Morgan fingerprint density at radius 2 is 1.89 bits per heavy atom. The van der Waals surface area contributed by atoms with Crippen LogP contribution in [0.2, 0.25) is 5.02 Å². The average Bonchev–Trinajstić information content (AvgIpc) is 2.73. The molecule has 0 spiro atoms. The van der Waals surface area contributed by atoms with Gasteiger partial charge >= 0.3 is 0 Å². The molecule has 0 aliphatic carbocycles. The van der Waals surface area contributed by atoms with E-state index in [0.29, 0.717) is 11.4 Å². The minimum absolute atomic E-state index is 0.0374. The zero-order valence-corrected chi connectivity index (χ0v) is 10.3. The van der Waals surface area contributed by atoms with Crippen LogP contribution in [0.4, 0.5) is 17.1 Å². The van der Waals surface area contributed by atoms with Gasteiger partial charge in [-0.1, -0.05) is 23.7 Å². The Bertz CT molecular complexity index is 608. The van der Waals surface area contributed by atoms with Crippen molar-refractivity contribution in [3.05, 3.63) is 53.1 Å². The number of hydrogen-bond acceptors (Lipinski definition) is 2. The number of nitrogens with one attached hydrogen (secondary N) is 2. The van der Waals surface area contributed by atoms with E-state index in [0.717, 1.165) is 22.6 Å². The number of anilines is 3. The van der Waals surface area contributed by atoms with Crippen molar-refractivity contribution in [1.29, 1.82) is 0 Å². The van der Waals surface area contributed by atoms with Crippen LogP contribution in [0.1, 0.15) is 5.56 Å². The van der Waals surface area contributed by atoms with Gasteiger partial charge in [-0.05, 0) is 35.9 Å². The van der Waals surface area contributed by atoms with Crippen molar-refractivity contribution in [3.63, 3.8) is 0 Å². The van der Waals surface area contributed by atoms with Gasteiger partial charge in [-0.15, -0.1) is 0 Å². The number of hydrogen-bond donors (Lipinski definition) is 2. The summed E-state index contributed by atoms with van der Waals surface area (Å²) in [7, 11) is 0. The molecule has 18 heavy (non-hydrogen) atoms. The summed E-state index contributed by atoms with van der Waals surface area (Å²) in [5.74, 6) is 0.0374. The van der Waals surface area contributed by atoms with Crippen molar-refractivity contribution in [1.82, 2.24) is 0 Å².